The molecule has 1 N–H and O–H groups in total. The molecule has 1 atom stereocenters. The Kier molecular flexibility index (Phi) is 6.06. The minimum Gasteiger partial charge on any atom is -0.346 e. The third-order valence-corrected chi connectivity index (χ3v) is 5.19. The van der Waals surface area contributed by atoms with Crippen molar-refractivity contribution >= 4 is 5.91 Å². The van der Waals surface area contributed by atoms with E-state index in [9.17, 15) is 4.79 Å². The second kappa shape index (κ2) is 8.47. The van der Waals surface area contributed by atoms with Crippen molar-refractivity contribution in [3.8, 4) is 0 Å². The van der Waals surface area contributed by atoms with E-state index in [0.717, 1.165) is 30.3 Å². The summed E-state index contributed by atoms with van der Waals surface area (Å²) in [5, 5.41) is 15.6. The van der Waals surface area contributed by atoms with Crippen molar-refractivity contribution in [2.45, 2.75) is 78.4 Å². The number of aryl methyl sites for hydroxylation is 3. The van der Waals surface area contributed by atoms with E-state index in [-0.39, 0.29) is 11.9 Å². The van der Waals surface area contributed by atoms with Gasteiger partial charge in [-0.1, -0.05) is 37.3 Å². The van der Waals surface area contributed by atoms with Crippen molar-refractivity contribution in [1.29, 1.82) is 0 Å². The van der Waals surface area contributed by atoms with E-state index in [2.05, 4.69) is 20.7 Å². The summed E-state index contributed by atoms with van der Waals surface area (Å²) in [6.45, 7) is 7.44. The van der Waals surface area contributed by atoms with Crippen LogP contribution in [0.1, 0.15) is 67.3 Å². The van der Waals surface area contributed by atoms with Gasteiger partial charge in [-0.3, -0.25) is 14.2 Å². The van der Waals surface area contributed by atoms with Gasteiger partial charge in [-0.15, -0.1) is 5.10 Å². The van der Waals surface area contributed by atoms with Gasteiger partial charge in [-0.25, -0.2) is 0 Å². The number of amides is 1. The summed E-state index contributed by atoms with van der Waals surface area (Å²) in [5.41, 5.74) is 2.47. The lowest BCUT2D eigenvalue weighted by atomic mass is 9.87. The van der Waals surface area contributed by atoms with Crippen molar-refractivity contribution in [2.24, 2.45) is 5.92 Å². The topological polar surface area (TPSA) is 77.6 Å². The molecule has 7 heteroatoms. The SMILES string of the molecule is Cc1cc(C)n(C[C@H](C)NC(=O)c2cn(CCC3CCCCC3)nn2)n1. The Balaban J connectivity index is 1.48. The normalized spacial score (nSPS) is 16.6. The molecular weight excluding hydrogens is 328 g/mol. The van der Waals surface area contributed by atoms with Crippen molar-refractivity contribution < 1.29 is 4.79 Å². The molecule has 1 aliphatic carbocycles. The number of carbonyl (C=O) groups is 1. The lowest BCUT2D eigenvalue weighted by molar-refractivity contribution is 0.0930. The fourth-order valence-electron chi connectivity index (χ4n) is 3.76. The Morgan fingerprint density at radius 2 is 2.08 bits per heavy atom. The van der Waals surface area contributed by atoms with E-state index in [1.807, 2.05) is 31.5 Å². The maximum absolute atomic E-state index is 12.4. The molecule has 0 bridgehead atoms. The molecule has 1 aliphatic rings. The maximum Gasteiger partial charge on any atom is 0.273 e. The fraction of sp³-hybridized carbons (Fsp3) is 0.684. The Labute approximate surface area is 155 Å². The molecule has 0 saturated heterocycles. The average molecular weight is 358 g/mol. The van der Waals surface area contributed by atoms with Gasteiger partial charge in [-0.2, -0.15) is 5.10 Å². The van der Waals surface area contributed by atoms with Gasteiger partial charge >= 0.3 is 0 Å². The molecule has 0 aliphatic heterocycles. The minimum absolute atomic E-state index is 0.0344. The van der Waals surface area contributed by atoms with E-state index in [1.165, 1.54) is 32.1 Å². The third-order valence-electron chi connectivity index (χ3n) is 5.19. The number of hydrogen-bond acceptors (Lipinski definition) is 4. The Bertz CT molecular complexity index is 728. The molecule has 0 spiro atoms. The molecule has 1 fully saturated rings. The smallest absolute Gasteiger partial charge is 0.273 e. The highest BCUT2D eigenvalue weighted by molar-refractivity contribution is 5.92. The summed E-state index contributed by atoms with van der Waals surface area (Å²) >= 11 is 0. The van der Waals surface area contributed by atoms with Crippen molar-refractivity contribution in [3.63, 3.8) is 0 Å². The first-order valence-corrected chi connectivity index (χ1v) is 9.73. The first kappa shape index (κ1) is 18.6. The van der Waals surface area contributed by atoms with Crippen molar-refractivity contribution in [1.82, 2.24) is 30.1 Å². The molecule has 0 aromatic carbocycles. The molecule has 3 rings (SSSR count). The number of hydrogen-bond donors (Lipinski definition) is 1. The number of nitrogens with one attached hydrogen (secondary N) is 1. The van der Waals surface area contributed by atoms with Gasteiger partial charge in [0.1, 0.15) is 0 Å². The monoisotopic (exact) mass is 358 g/mol. The second-order valence-electron chi connectivity index (χ2n) is 7.64. The zero-order valence-corrected chi connectivity index (χ0v) is 16.1. The highest BCUT2D eigenvalue weighted by Crippen LogP contribution is 2.26. The van der Waals surface area contributed by atoms with Crippen LogP contribution in [0.15, 0.2) is 12.3 Å². The van der Waals surface area contributed by atoms with Crippen LogP contribution in [0.2, 0.25) is 0 Å². The average Bonchev–Trinajstić information content (AvgIpc) is 3.20. The standard InChI is InChI=1S/C19H30N6O/c1-14-11-16(3)25(22-14)12-15(2)20-19(26)18-13-24(23-21-18)10-9-17-7-5-4-6-8-17/h11,13,15,17H,4-10,12H2,1-3H3,(H,20,26)/t15-/m0/s1. The van der Waals surface area contributed by atoms with E-state index in [0.29, 0.717) is 12.2 Å². The molecule has 7 nitrogen and oxygen atoms in total. The Morgan fingerprint density at radius 1 is 1.31 bits per heavy atom. The zero-order chi connectivity index (χ0) is 18.5. The van der Waals surface area contributed by atoms with Crippen molar-refractivity contribution in [2.75, 3.05) is 0 Å². The van der Waals surface area contributed by atoms with Gasteiger partial charge in [0.15, 0.2) is 5.69 Å². The van der Waals surface area contributed by atoms with E-state index in [4.69, 9.17) is 0 Å². The zero-order valence-electron chi connectivity index (χ0n) is 16.1. The minimum atomic E-state index is -0.178. The first-order valence-electron chi connectivity index (χ1n) is 9.73. The quantitative estimate of drug-likeness (QED) is 0.825. The molecule has 0 unspecified atom stereocenters. The van der Waals surface area contributed by atoms with Crippen LogP contribution >= 0.6 is 0 Å². The molecule has 1 amide bonds. The third kappa shape index (κ3) is 4.93. The van der Waals surface area contributed by atoms with E-state index < -0.39 is 0 Å². The van der Waals surface area contributed by atoms with Gasteiger partial charge in [0.25, 0.3) is 5.91 Å². The van der Waals surface area contributed by atoms with Gasteiger partial charge < -0.3 is 5.32 Å². The second-order valence-corrected chi connectivity index (χ2v) is 7.64. The van der Waals surface area contributed by atoms with Gasteiger partial charge in [0, 0.05) is 18.3 Å². The van der Waals surface area contributed by atoms with Crippen LogP contribution in [0.5, 0.6) is 0 Å². The number of carbonyl (C=O) groups excluding carboxylic acids is 1. The summed E-state index contributed by atoms with van der Waals surface area (Å²) in [7, 11) is 0. The number of nitrogens with zero attached hydrogens (tertiary/aromatic N) is 5. The van der Waals surface area contributed by atoms with Crippen LogP contribution < -0.4 is 5.32 Å². The molecule has 2 aromatic heterocycles. The lowest BCUT2D eigenvalue weighted by Gasteiger charge is -2.20. The predicted molar refractivity (Wildman–Crippen MR) is 99.8 cm³/mol. The highest BCUT2D eigenvalue weighted by Gasteiger charge is 2.17. The molecule has 2 heterocycles. The molecule has 0 radical (unpaired) electrons. The first-order chi connectivity index (χ1) is 12.5. The largest absolute Gasteiger partial charge is 0.346 e. The van der Waals surface area contributed by atoms with E-state index >= 15 is 0 Å². The van der Waals surface area contributed by atoms with Gasteiger partial charge in [0.05, 0.1) is 18.4 Å². The number of aromatic nitrogens is 5. The van der Waals surface area contributed by atoms with Crippen LogP contribution in [-0.2, 0) is 13.1 Å². The van der Waals surface area contributed by atoms with E-state index in [1.54, 1.807) is 10.9 Å². The molecular formula is C19H30N6O. The molecule has 2 aromatic rings. The summed E-state index contributed by atoms with van der Waals surface area (Å²) in [6.07, 6.45) is 9.61. The summed E-state index contributed by atoms with van der Waals surface area (Å²) < 4.78 is 3.72. The van der Waals surface area contributed by atoms with Crippen LogP contribution in [0, 0.1) is 19.8 Å². The summed E-state index contributed by atoms with van der Waals surface area (Å²) in [5.74, 6) is 0.619. The summed E-state index contributed by atoms with van der Waals surface area (Å²) in [6, 6.07) is 2.00. The van der Waals surface area contributed by atoms with Crippen LogP contribution in [0.25, 0.3) is 0 Å². The van der Waals surface area contributed by atoms with Crippen molar-refractivity contribution in [3.05, 3.63) is 29.3 Å². The van der Waals surface area contributed by atoms with Crippen LogP contribution in [0.4, 0.5) is 0 Å². The van der Waals surface area contributed by atoms with Crippen LogP contribution in [0.3, 0.4) is 0 Å². The summed E-state index contributed by atoms with van der Waals surface area (Å²) in [4.78, 5) is 12.4. The molecule has 1 saturated carbocycles. The maximum atomic E-state index is 12.4. The van der Waals surface area contributed by atoms with Gasteiger partial charge in [0.2, 0.25) is 0 Å². The molecule has 26 heavy (non-hydrogen) atoms. The number of rotatable bonds is 7. The Morgan fingerprint density at radius 3 is 2.77 bits per heavy atom. The fourth-order valence-corrected chi connectivity index (χ4v) is 3.76. The van der Waals surface area contributed by atoms with Crippen LogP contribution in [-0.4, -0.2) is 36.7 Å². The predicted octanol–water partition coefficient (Wildman–Crippen LogP) is 2.88. The molecule has 142 valence electrons. The Hall–Kier alpha value is -2.18. The van der Waals surface area contributed by atoms with Gasteiger partial charge in [-0.05, 0) is 39.2 Å². The lowest BCUT2D eigenvalue weighted by Crippen LogP contribution is -2.36. The highest BCUT2D eigenvalue weighted by atomic mass is 16.2.